The van der Waals surface area contributed by atoms with Crippen LogP contribution in [0.3, 0.4) is 0 Å². The zero-order chi connectivity index (χ0) is 21.4. The lowest BCUT2D eigenvalue weighted by atomic mass is 9.93. The molecule has 3 heterocycles. The predicted molar refractivity (Wildman–Crippen MR) is 117 cm³/mol. The molecule has 1 aliphatic heterocycles. The van der Waals surface area contributed by atoms with Gasteiger partial charge in [-0.15, -0.1) is 0 Å². The molecule has 5 rings (SSSR count). The number of hydrogen-bond acceptors (Lipinski definition) is 3. The van der Waals surface area contributed by atoms with E-state index >= 15 is 0 Å². The number of rotatable bonds is 4. The van der Waals surface area contributed by atoms with Crippen molar-refractivity contribution < 1.29 is 13.9 Å². The summed E-state index contributed by atoms with van der Waals surface area (Å²) in [5.74, 6) is 0.169. The van der Waals surface area contributed by atoms with Gasteiger partial charge in [-0.1, -0.05) is 30.3 Å². The average molecular weight is 415 g/mol. The van der Waals surface area contributed by atoms with E-state index in [-0.39, 0.29) is 24.4 Å². The van der Waals surface area contributed by atoms with E-state index in [0.29, 0.717) is 24.4 Å². The lowest BCUT2D eigenvalue weighted by Crippen LogP contribution is -2.47. The van der Waals surface area contributed by atoms with E-state index < -0.39 is 0 Å². The molecule has 1 aliphatic rings. The monoisotopic (exact) mass is 415 g/mol. The van der Waals surface area contributed by atoms with Crippen molar-refractivity contribution in [3.05, 3.63) is 95.1 Å². The quantitative estimate of drug-likeness (QED) is 0.528. The number of pyridine rings is 1. The van der Waals surface area contributed by atoms with Crippen LogP contribution in [0.25, 0.3) is 10.9 Å². The summed E-state index contributed by atoms with van der Waals surface area (Å²) in [5, 5.41) is 0.886. The highest BCUT2D eigenvalue weighted by Crippen LogP contribution is 2.28. The molecule has 0 radical (unpaired) electrons. The number of hydrogen-bond donors (Lipinski definition) is 1. The Balaban J connectivity index is 1.46. The predicted octanol–water partition coefficient (Wildman–Crippen LogP) is 4.66. The standard InChI is InChI=1S/C25H22FN3O2/c1-16-6-9-24(28-12-16)31-15-20-11-18-10-19(26)8-7-17(18)14-29(20)25(30)22-13-27-23-5-3-2-4-21(22)23/h2-10,12-13,20,27H,11,14-15H2,1H3/t20-/m0/s1. The van der Waals surface area contributed by atoms with Gasteiger partial charge in [-0.2, -0.15) is 0 Å². The third-order valence-electron chi connectivity index (χ3n) is 5.79. The molecule has 1 amide bonds. The molecule has 156 valence electrons. The number of benzene rings is 2. The van der Waals surface area contributed by atoms with Crippen LogP contribution in [0, 0.1) is 12.7 Å². The Labute approximate surface area is 179 Å². The summed E-state index contributed by atoms with van der Waals surface area (Å²) in [7, 11) is 0. The largest absolute Gasteiger partial charge is 0.475 e. The number of aryl methyl sites for hydroxylation is 1. The van der Waals surface area contributed by atoms with E-state index in [1.165, 1.54) is 6.07 Å². The molecule has 2 aromatic heterocycles. The van der Waals surface area contributed by atoms with Gasteiger partial charge in [0.2, 0.25) is 5.88 Å². The fraction of sp³-hybridized carbons (Fsp3) is 0.200. The molecule has 31 heavy (non-hydrogen) atoms. The number of ether oxygens (including phenoxy) is 1. The van der Waals surface area contributed by atoms with Gasteiger partial charge in [0.15, 0.2) is 0 Å². The van der Waals surface area contributed by atoms with Crippen molar-refractivity contribution >= 4 is 16.8 Å². The van der Waals surface area contributed by atoms with E-state index in [1.807, 2.05) is 48.2 Å². The van der Waals surface area contributed by atoms with Crippen LogP contribution < -0.4 is 4.74 Å². The second-order valence-corrected chi connectivity index (χ2v) is 7.94. The first-order valence-electron chi connectivity index (χ1n) is 10.3. The van der Waals surface area contributed by atoms with E-state index in [2.05, 4.69) is 9.97 Å². The molecular weight excluding hydrogens is 393 g/mol. The molecule has 0 saturated carbocycles. The SMILES string of the molecule is Cc1ccc(OC[C@@H]2Cc3cc(F)ccc3CN2C(=O)c2c[nH]c3ccccc23)nc1. The van der Waals surface area contributed by atoms with E-state index in [1.54, 1.807) is 24.5 Å². The first kappa shape index (κ1) is 19.3. The molecule has 0 fully saturated rings. The third-order valence-corrected chi connectivity index (χ3v) is 5.79. The van der Waals surface area contributed by atoms with Crippen LogP contribution in [0.1, 0.15) is 27.0 Å². The number of carbonyl (C=O) groups is 1. The molecule has 0 bridgehead atoms. The molecule has 0 spiro atoms. The molecule has 0 aliphatic carbocycles. The summed E-state index contributed by atoms with van der Waals surface area (Å²) in [6.07, 6.45) is 4.02. The van der Waals surface area contributed by atoms with Crippen LogP contribution in [-0.4, -0.2) is 33.4 Å². The smallest absolute Gasteiger partial charge is 0.256 e. The number of para-hydroxylation sites is 1. The van der Waals surface area contributed by atoms with Gasteiger partial charge in [0.1, 0.15) is 12.4 Å². The van der Waals surface area contributed by atoms with E-state index in [4.69, 9.17) is 4.74 Å². The van der Waals surface area contributed by atoms with Gasteiger partial charge in [-0.05, 0) is 48.2 Å². The summed E-state index contributed by atoms with van der Waals surface area (Å²) >= 11 is 0. The number of aromatic amines is 1. The lowest BCUT2D eigenvalue weighted by molar-refractivity contribution is 0.0564. The highest BCUT2D eigenvalue weighted by atomic mass is 19.1. The van der Waals surface area contributed by atoms with Gasteiger partial charge in [-0.25, -0.2) is 9.37 Å². The minimum atomic E-state index is -0.268. The minimum absolute atomic E-state index is 0.0714. The van der Waals surface area contributed by atoms with Crippen molar-refractivity contribution in [3.63, 3.8) is 0 Å². The van der Waals surface area contributed by atoms with Crippen molar-refractivity contribution in [2.24, 2.45) is 0 Å². The van der Waals surface area contributed by atoms with Gasteiger partial charge in [-0.3, -0.25) is 4.79 Å². The maximum atomic E-state index is 13.8. The topological polar surface area (TPSA) is 58.2 Å². The maximum absolute atomic E-state index is 13.8. The highest BCUT2D eigenvalue weighted by Gasteiger charge is 2.32. The summed E-state index contributed by atoms with van der Waals surface area (Å²) < 4.78 is 19.8. The van der Waals surface area contributed by atoms with Gasteiger partial charge in [0, 0.05) is 35.9 Å². The Morgan fingerprint density at radius 1 is 1.19 bits per heavy atom. The number of amides is 1. The van der Waals surface area contributed by atoms with E-state index in [9.17, 15) is 9.18 Å². The lowest BCUT2D eigenvalue weighted by Gasteiger charge is -2.36. The minimum Gasteiger partial charge on any atom is -0.475 e. The van der Waals surface area contributed by atoms with Gasteiger partial charge < -0.3 is 14.6 Å². The molecule has 0 saturated heterocycles. The molecule has 6 heteroatoms. The number of carbonyl (C=O) groups excluding carboxylic acids is 1. The second kappa shape index (κ2) is 7.87. The van der Waals surface area contributed by atoms with Crippen LogP contribution in [-0.2, 0) is 13.0 Å². The first-order valence-corrected chi connectivity index (χ1v) is 10.3. The molecular formula is C25H22FN3O2. The number of nitrogens with zero attached hydrogens (tertiary/aromatic N) is 2. The molecule has 2 aromatic carbocycles. The van der Waals surface area contributed by atoms with Crippen molar-refractivity contribution in [2.75, 3.05) is 6.61 Å². The molecule has 5 nitrogen and oxygen atoms in total. The number of nitrogens with one attached hydrogen (secondary N) is 1. The first-order chi connectivity index (χ1) is 15.1. The normalized spacial score (nSPS) is 15.7. The zero-order valence-corrected chi connectivity index (χ0v) is 17.1. The molecule has 0 unspecified atom stereocenters. The summed E-state index contributed by atoms with van der Waals surface area (Å²) in [6, 6.07) is 16.0. The molecule has 1 N–H and O–H groups in total. The van der Waals surface area contributed by atoms with Crippen LogP contribution in [0.4, 0.5) is 4.39 Å². The Morgan fingerprint density at radius 2 is 2.06 bits per heavy atom. The average Bonchev–Trinajstić information content (AvgIpc) is 3.22. The molecule has 4 aromatic rings. The molecule has 1 atom stereocenters. The highest BCUT2D eigenvalue weighted by molar-refractivity contribution is 6.06. The van der Waals surface area contributed by atoms with Crippen molar-refractivity contribution in [3.8, 4) is 5.88 Å². The van der Waals surface area contributed by atoms with Crippen LogP contribution in [0.2, 0.25) is 0 Å². The number of H-pyrrole nitrogens is 1. The fourth-order valence-electron chi connectivity index (χ4n) is 4.13. The van der Waals surface area contributed by atoms with E-state index in [0.717, 1.165) is 27.6 Å². The number of fused-ring (bicyclic) bond motifs is 2. The Bertz CT molecular complexity index is 1250. The Hall–Kier alpha value is -3.67. The number of halogens is 1. The Kier molecular flexibility index (Phi) is 4.90. The summed E-state index contributed by atoms with van der Waals surface area (Å²) in [6.45, 7) is 2.65. The zero-order valence-electron chi connectivity index (χ0n) is 17.1. The van der Waals surface area contributed by atoms with Gasteiger partial charge in [0.05, 0.1) is 11.6 Å². The van der Waals surface area contributed by atoms with Gasteiger partial charge >= 0.3 is 0 Å². The van der Waals surface area contributed by atoms with Crippen molar-refractivity contribution in [1.29, 1.82) is 0 Å². The van der Waals surface area contributed by atoms with Crippen LogP contribution in [0.5, 0.6) is 5.88 Å². The maximum Gasteiger partial charge on any atom is 0.256 e. The third kappa shape index (κ3) is 3.77. The Morgan fingerprint density at radius 3 is 2.90 bits per heavy atom. The van der Waals surface area contributed by atoms with Crippen molar-refractivity contribution in [1.82, 2.24) is 14.9 Å². The van der Waals surface area contributed by atoms with Crippen molar-refractivity contribution in [2.45, 2.75) is 25.9 Å². The number of aromatic nitrogens is 2. The van der Waals surface area contributed by atoms with Gasteiger partial charge in [0.25, 0.3) is 5.91 Å². The summed E-state index contributed by atoms with van der Waals surface area (Å²) in [4.78, 5) is 22.9. The summed E-state index contributed by atoms with van der Waals surface area (Å²) in [5.41, 5.74) is 4.46. The fourth-order valence-corrected chi connectivity index (χ4v) is 4.13. The van der Waals surface area contributed by atoms with Crippen LogP contribution >= 0.6 is 0 Å². The second-order valence-electron chi connectivity index (χ2n) is 7.94. The van der Waals surface area contributed by atoms with Crippen LogP contribution in [0.15, 0.2) is 67.0 Å².